The Morgan fingerprint density at radius 2 is 1.95 bits per heavy atom. The number of rotatable bonds is 2. The minimum Gasteiger partial charge on any atom is -0.397 e. The van der Waals surface area contributed by atoms with Crippen LogP contribution in [0.5, 0.6) is 0 Å². The van der Waals surface area contributed by atoms with Crippen LogP contribution >= 0.6 is 31.9 Å². The predicted molar refractivity (Wildman–Crippen MR) is 92.5 cm³/mol. The van der Waals surface area contributed by atoms with Crippen molar-refractivity contribution in [3.05, 3.63) is 57.1 Å². The summed E-state index contributed by atoms with van der Waals surface area (Å²) >= 11 is 6.80. The molecule has 1 heterocycles. The summed E-state index contributed by atoms with van der Waals surface area (Å²) < 4.78 is 1.74. The molecule has 0 saturated heterocycles. The minimum absolute atomic E-state index is 0.214. The SMILES string of the molecule is Nc1cccc2cc(C(=O)Nc3ccc(Br)cc3Br)[nH]c12. The maximum Gasteiger partial charge on any atom is 0.272 e. The van der Waals surface area contributed by atoms with Crippen LogP contribution in [0.25, 0.3) is 10.9 Å². The molecule has 0 radical (unpaired) electrons. The second-order valence-corrected chi connectivity index (χ2v) is 6.34. The molecule has 3 aromatic rings. The van der Waals surface area contributed by atoms with Crippen molar-refractivity contribution in [3.63, 3.8) is 0 Å². The van der Waals surface area contributed by atoms with Crippen molar-refractivity contribution in [3.8, 4) is 0 Å². The Morgan fingerprint density at radius 3 is 2.67 bits per heavy atom. The van der Waals surface area contributed by atoms with E-state index in [0.29, 0.717) is 17.1 Å². The fourth-order valence-electron chi connectivity index (χ4n) is 2.08. The number of carbonyl (C=O) groups excluding carboxylic acids is 1. The zero-order valence-corrected chi connectivity index (χ0v) is 14.0. The lowest BCUT2D eigenvalue weighted by Crippen LogP contribution is -2.12. The van der Waals surface area contributed by atoms with Gasteiger partial charge in [0.1, 0.15) is 5.69 Å². The lowest BCUT2D eigenvalue weighted by Gasteiger charge is -2.06. The van der Waals surface area contributed by atoms with Crippen LogP contribution in [0.4, 0.5) is 11.4 Å². The number of para-hydroxylation sites is 1. The Kier molecular flexibility index (Phi) is 3.73. The highest BCUT2D eigenvalue weighted by Crippen LogP contribution is 2.27. The summed E-state index contributed by atoms with van der Waals surface area (Å²) in [6.07, 6.45) is 0. The summed E-state index contributed by atoms with van der Waals surface area (Å²) in [6, 6.07) is 12.9. The van der Waals surface area contributed by atoms with Crippen LogP contribution in [-0.2, 0) is 0 Å². The standard InChI is InChI=1S/C15H11Br2N3O/c16-9-4-5-12(10(17)7-9)20-15(21)13-6-8-2-1-3-11(18)14(8)19-13/h1-7,19H,18H2,(H,20,21). The van der Waals surface area contributed by atoms with Crippen LogP contribution in [0.3, 0.4) is 0 Å². The van der Waals surface area contributed by atoms with E-state index in [0.717, 1.165) is 19.8 Å². The number of hydrogen-bond donors (Lipinski definition) is 3. The van der Waals surface area contributed by atoms with Gasteiger partial charge in [-0.3, -0.25) is 4.79 Å². The molecule has 4 N–H and O–H groups in total. The largest absolute Gasteiger partial charge is 0.397 e. The Labute approximate surface area is 138 Å². The highest BCUT2D eigenvalue weighted by Gasteiger charge is 2.12. The molecule has 6 heteroatoms. The molecule has 0 aliphatic heterocycles. The van der Waals surface area contributed by atoms with Crippen molar-refractivity contribution in [1.82, 2.24) is 4.98 Å². The minimum atomic E-state index is -0.214. The summed E-state index contributed by atoms with van der Waals surface area (Å²) in [4.78, 5) is 15.4. The molecule has 4 nitrogen and oxygen atoms in total. The molecule has 0 saturated carbocycles. The summed E-state index contributed by atoms with van der Waals surface area (Å²) in [5.74, 6) is -0.214. The molecule has 1 aromatic heterocycles. The number of carbonyl (C=O) groups is 1. The smallest absolute Gasteiger partial charge is 0.272 e. The topological polar surface area (TPSA) is 70.9 Å². The lowest BCUT2D eigenvalue weighted by atomic mass is 10.2. The van der Waals surface area contributed by atoms with Gasteiger partial charge in [0.2, 0.25) is 0 Å². The van der Waals surface area contributed by atoms with Gasteiger partial charge in [-0.2, -0.15) is 0 Å². The summed E-state index contributed by atoms with van der Waals surface area (Å²) in [5.41, 5.74) is 8.46. The third kappa shape index (κ3) is 2.82. The van der Waals surface area contributed by atoms with Gasteiger partial charge < -0.3 is 16.0 Å². The Balaban J connectivity index is 1.92. The van der Waals surface area contributed by atoms with Gasteiger partial charge in [-0.05, 0) is 46.3 Å². The van der Waals surface area contributed by atoms with E-state index in [1.54, 1.807) is 12.1 Å². The number of benzene rings is 2. The monoisotopic (exact) mass is 407 g/mol. The molecule has 2 aromatic carbocycles. The molecule has 106 valence electrons. The van der Waals surface area contributed by atoms with E-state index in [2.05, 4.69) is 42.2 Å². The Hall–Kier alpha value is -1.79. The molecule has 0 aliphatic carbocycles. The highest BCUT2D eigenvalue weighted by molar-refractivity contribution is 9.11. The molecule has 0 bridgehead atoms. The van der Waals surface area contributed by atoms with Gasteiger partial charge in [0.25, 0.3) is 5.91 Å². The Bertz CT molecular complexity index is 842. The molecular formula is C15H11Br2N3O. The van der Waals surface area contributed by atoms with Gasteiger partial charge in [0.15, 0.2) is 0 Å². The van der Waals surface area contributed by atoms with Crippen LogP contribution in [-0.4, -0.2) is 10.9 Å². The van der Waals surface area contributed by atoms with Crippen molar-refractivity contribution in [2.75, 3.05) is 11.1 Å². The molecule has 0 aliphatic rings. The number of nitrogens with two attached hydrogens (primary N) is 1. The molecule has 0 spiro atoms. The van der Waals surface area contributed by atoms with Crippen LogP contribution in [0.1, 0.15) is 10.5 Å². The first-order chi connectivity index (χ1) is 10.0. The first-order valence-corrected chi connectivity index (χ1v) is 7.77. The molecule has 21 heavy (non-hydrogen) atoms. The number of amides is 1. The zero-order chi connectivity index (χ0) is 15.0. The second-order valence-electron chi connectivity index (χ2n) is 4.57. The number of H-pyrrole nitrogens is 1. The Morgan fingerprint density at radius 1 is 1.14 bits per heavy atom. The van der Waals surface area contributed by atoms with Crippen molar-refractivity contribution in [2.45, 2.75) is 0 Å². The zero-order valence-electron chi connectivity index (χ0n) is 10.8. The normalized spacial score (nSPS) is 10.8. The van der Waals surface area contributed by atoms with Gasteiger partial charge in [-0.25, -0.2) is 0 Å². The number of anilines is 2. The van der Waals surface area contributed by atoms with E-state index in [1.165, 1.54) is 0 Å². The predicted octanol–water partition coefficient (Wildman–Crippen LogP) is 4.53. The second kappa shape index (κ2) is 5.54. The highest BCUT2D eigenvalue weighted by atomic mass is 79.9. The van der Waals surface area contributed by atoms with Crippen LogP contribution in [0.2, 0.25) is 0 Å². The third-order valence-electron chi connectivity index (χ3n) is 3.11. The van der Waals surface area contributed by atoms with E-state index in [4.69, 9.17) is 5.73 Å². The maximum absolute atomic E-state index is 12.3. The van der Waals surface area contributed by atoms with E-state index < -0.39 is 0 Å². The lowest BCUT2D eigenvalue weighted by molar-refractivity contribution is 0.102. The molecule has 3 rings (SSSR count). The molecule has 1 amide bonds. The van der Waals surface area contributed by atoms with Crippen molar-refractivity contribution in [2.24, 2.45) is 0 Å². The van der Waals surface area contributed by atoms with Crippen molar-refractivity contribution >= 4 is 60.0 Å². The van der Waals surface area contributed by atoms with Crippen LogP contribution < -0.4 is 11.1 Å². The average Bonchev–Trinajstić information content (AvgIpc) is 2.87. The fraction of sp³-hybridized carbons (Fsp3) is 0. The molecular weight excluding hydrogens is 398 g/mol. The number of nitrogens with one attached hydrogen (secondary N) is 2. The van der Waals surface area contributed by atoms with Gasteiger partial charge >= 0.3 is 0 Å². The van der Waals surface area contributed by atoms with E-state index in [-0.39, 0.29) is 5.91 Å². The number of nitrogen functional groups attached to an aromatic ring is 1. The molecule has 0 atom stereocenters. The quantitative estimate of drug-likeness (QED) is 0.545. The summed E-state index contributed by atoms with van der Waals surface area (Å²) in [5, 5.41) is 3.77. The number of hydrogen-bond acceptors (Lipinski definition) is 2. The fourth-order valence-corrected chi connectivity index (χ4v) is 3.23. The van der Waals surface area contributed by atoms with Gasteiger partial charge in [-0.15, -0.1) is 0 Å². The number of halogens is 2. The van der Waals surface area contributed by atoms with Gasteiger partial charge in [0, 0.05) is 14.3 Å². The van der Waals surface area contributed by atoms with E-state index in [1.807, 2.05) is 30.3 Å². The van der Waals surface area contributed by atoms with E-state index in [9.17, 15) is 4.79 Å². The summed E-state index contributed by atoms with van der Waals surface area (Å²) in [7, 11) is 0. The van der Waals surface area contributed by atoms with Crippen LogP contribution in [0.15, 0.2) is 51.4 Å². The average molecular weight is 409 g/mol. The van der Waals surface area contributed by atoms with Gasteiger partial charge in [0.05, 0.1) is 16.9 Å². The number of fused-ring (bicyclic) bond motifs is 1. The van der Waals surface area contributed by atoms with Gasteiger partial charge in [-0.1, -0.05) is 28.1 Å². The molecule has 0 fully saturated rings. The third-order valence-corrected chi connectivity index (χ3v) is 4.26. The number of aromatic amines is 1. The summed E-state index contributed by atoms with van der Waals surface area (Å²) in [6.45, 7) is 0. The van der Waals surface area contributed by atoms with Crippen LogP contribution in [0, 0.1) is 0 Å². The first-order valence-electron chi connectivity index (χ1n) is 6.18. The number of aromatic nitrogens is 1. The maximum atomic E-state index is 12.3. The van der Waals surface area contributed by atoms with E-state index >= 15 is 0 Å². The van der Waals surface area contributed by atoms with Crippen molar-refractivity contribution < 1.29 is 4.79 Å². The molecule has 0 unspecified atom stereocenters. The first kappa shape index (κ1) is 14.2. The van der Waals surface area contributed by atoms with Crippen molar-refractivity contribution in [1.29, 1.82) is 0 Å².